The Morgan fingerprint density at radius 1 is 0.892 bits per heavy atom. The highest BCUT2D eigenvalue weighted by Crippen LogP contribution is 2.35. The second-order valence-electron chi connectivity index (χ2n) is 7.69. The van der Waals surface area contributed by atoms with Gasteiger partial charge in [0.1, 0.15) is 17.3 Å². The minimum Gasteiger partial charge on any atom is -0.492 e. The topological polar surface area (TPSA) is 93.7 Å². The van der Waals surface area contributed by atoms with Gasteiger partial charge in [-0.15, -0.1) is 0 Å². The maximum Gasteiger partial charge on any atom is 0.262 e. The van der Waals surface area contributed by atoms with Crippen molar-refractivity contribution in [3.63, 3.8) is 0 Å². The Kier molecular flexibility index (Phi) is 7.95. The summed E-state index contributed by atoms with van der Waals surface area (Å²) in [5.41, 5.74) is -0.0232. The number of anilines is 2. The van der Waals surface area contributed by atoms with Crippen molar-refractivity contribution >= 4 is 38.9 Å². The number of amides is 1. The number of para-hydroxylation sites is 1. The fourth-order valence-corrected chi connectivity index (χ4v) is 4.64. The largest absolute Gasteiger partial charge is 0.492 e. The van der Waals surface area contributed by atoms with Crippen LogP contribution in [-0.4, -0.2) is 20.9 Å². The number of hydrogen-bond donors (Lipinski definition) is 2. The number of rotatable bonds is 9. The average Bonchev–Trinajstić information content (AvgIpc) is 2.87. The minimum atomic E-state index is -4.18. The summed E-state index contributed by atoms with van der Waals surface area (Å²) < 4.78 is 54.6. The Labute approximate surface area is 218 Å². The van der Waals surface area contributed by atoms with Crippen LogP contribution in [0.15, 0.2) is 95.9 Å². The lowest BCUT2D eigenvalue weighted by atomic mass is 10.2. The zero-order valence-electron chi connectivity index (χ0n) is 19.6. The number of nitrogens with one attached hydrogen (secondary N) is 2. The summed E-state index contributed by atoms with van der Waals surface area (Å²) >= 11 is 6.12. The summed E-state index contributed by atoms with van der Waals surface area (Å²) in [7, 11) is -4.18. The third-order valence-electron chi connectivity index (χ3n) is 5.08. The van der Waals surface area contributed by atoms with E-state index in [1.807, 2.05) is 6.07 Å². The van der Waals surface area contributed by atoms with Crippen molar-refractivity contribution in [2.75, 3.05) is 16.6 Å². The Balaban J connectivity index is 1.66. The van der Waals surface area contributed by atoms with Crippen molar-refractivity contribution in [3.8, 4) is 17.2 Å². The molecule has 1 amide bonds. The second kappa shape index (κ2) is 11.3. The number of hydrogen-bond acceptors (Lipinski definition) is 5. The van der Waals surface area contributed by atoms with E-state index in [2.05, 4.69) is 10.0 Å². The first-order valence-corrected chi connectivity index (χ1v) is 13.0. The van der Waals surface area contributed by atoms with E-state index < -0.39 is 21.7 Å². The second-order valence-corrected chi connectivity index (χ2v) is 9.80. The van der Waals surface area contributed by atoms with Crippen LogP contribution in [0.25, 0.3) is 0 Å². The van der Waals surface area contributed by atoms with Crippen LogP contribution in [0.4, 0.5) is 15.8 Å². The van der Waals surface area contributed by atoms with Gasteiger partial charge in [-0.25, -0.2) is 12.8 Å². The predicted octanol–water partition coefficient (Wildman–Crippen LogP) is 6.72. The van der Waals surface area contributed by atoms with Gasteiger partial charge in [0, 0.05) is 5.02 Å². The highest BCUT2D eigenvalue weighted by atomic mass is 35.5. The maximum atomic E-state index is 14.1. The van der Waals surface area contributed by atoms with E-state index in [0.717, 1.165) is 6.07 Å². The molecule has 0 bridgehead atoms. The molecule has 37 heavy (non-hydrogen) atoms. The van der Waals surface area contributed by atoms with Gasteiger partial charge in [0.25, 0.3) is 15.9 Å². The van der Waals surface area contributed by atoms with Crippen molar-refractivity contribution in [1.29, 1.82) is 0 Å². The molecule has 0 heterocycles. The van der Waals surface area contributed by atoms with E-state index in [0.29, 0.717) is 10.8 Å². The lowest BCUT2D eigenvalue weighted by molar-refractivity contribution is 0.102. The van der Waals surface area contributed by atoms with Gasteiger partial charge in [0.2, 0.25) is 0 Å². The average molecular weight is 541 g/mol. The molecule has 2 N–H and O–H groups in total. The summed E-state index contributed by atoms with van der Waals surface area (Å²) in [6.45, 7) is 2.00. The molecule has 4 rings (SSSR count). The van der Waals surface area contributed by atoms with Gasteiger partial charge in [-0.2, -0.15) is 0 Å². The molecule has 0 fully saturated rings. The van der Waals surface area contributed by atoms with Gasteiger partial charge in [0.15, 0.2) is 5.75 Å². The molecule has 0 atom stereocenters. The monoisotopic (exact) mass is 540 g/mol. The van der Waals surface area contributed by atoms with Crippen molar-refractivity contribution in [2.45, 2.75) is 11.8 Å². The Morgan fingerprint density at radius 3 is 2.32 bits per heavy atom. The molecule has 0 saturated carbocycles. The van der Waals surface area contributed by atoms with E-state index >= 15 is 0 Å². The normalized spacial score (nSPS) is 11.0. The van der Waals surface area contributed by atoms with Gasteiger partial charge >= 0.3 is 0 Å². The maximum absolute atomic E-state index is 14.1. The fourth-order valence-electron chi connectivity index (χ4n) is 3.38. The first-order chi connectivity index (χ1) is 17.8. The molecule has 7 nitrogen and oxygen atoms in total. The first kappa shape index (κ1) is 26.0. The number of ether oxygens (including phenoxy) is 2. The molecule has 0 aliphatic heterocycles. The highest BCUT2D eigenvalue weighted by Gasteiger charge is 2.21. The summed E-state index contributed by atoms with van der Waals surface area (Å²) in [5, 5.41) is 2.83. The molecule has 10 heteroatoms. The molecule has 0 aliphatic rings. The van der Waals surface area contributed by atoms with Crippen LogP contribution in [0.3, 0.4) is 0 Å². The molecule has 0 radical (unpaired) electrons. The van der Waals surface area contributed by atoms with Crippen LogP contribution >= 0.6 is 11.6 Å². The smallest absolute Gasteiger partial charge is 0.262 e. The van der Waals surface area contributed by atoms with E-state index in [1.54, 1.807) is 43.3 Å². The lowest BCUT2D eigenvalue weighted by Gasteiger charge is -2.16. The highest BCUT2D eigenvalue weighted by molar-refractivity contribution is 7.92. The minimum absolute atomic E-state index is 0.0600. The third kappa shape index (κ3) is 6.38. The summed E-state index contributed by atoms with van der Waals surface area (Å²) in [4.78, 5) is 12.5. The fraction of sp³-hybridized carbons (Fsp3) is 0.0741. The molecule has 190 valence electrons. The Hall–Kier alpha value is -4.08. The van der Waals surface area contributed by atoms with E-state index in [-0.39, 0.29) is 39.9 Å². The molecule has 0 aliphatic carbocycles. The standard InChI is InChI=1S/C27H22ClFN2O5S/c1-2-35-25-15-13-20(17-23(25)30-27(32)21-10-6-7-11-22(21)29)37(33,34)31-24-16-18(28)12-14-26(24)36-19-8-4-3-5-9-19/h3-17,31H,2H2,1H3,(H,30,32). The van der Waals surface area contributed by atoms with E-state index in [9.17, 15) is 17.6 Å². The SMILES string of the molecule is CCOc1ccc(S(=O)(=O)Nc2cc(Cl)ccc2Oc2ccccc2)cc1NC(=O)c1ccccc1F. The lowest BCUT2D eigenvalue weighted by Crippen LogP contribution is -2.17. The third-order valence-corrected chi connectivity index (χ3v) is 6.68. The van der Waals surface area contributed by atoms with E-state index in [1.165, 1.54) is 42.5 Å². The molecule has 0 aromatic heterocycles. The van der Waals surface area contributed by atoms with E-state index in [4.69, 9.17) is 21.1 Å². The van der Waals surface area contributed by atoms with Crippen LogP contribution in [0.2, 0.25) is 5.02 Å². The molecular formula is C27H22ClFN2O5S. The first-order valence-electron chi connectivity index (χ1n) is 11.1. The van der Waals surface area contributed by atoms with Crippen LogP contribution in [-0.2, 0) is 10.0 Å². The van der Waals surface area contributed by atoms with Crippen LogP contribution in [0.1, 0.15) is 17.3 Å². The van der Waals surface area contributed by atoms with Crippen LogP contribution in [0.5, 0.6) is 17.2 Å². The van der Waals surface area contributed by atoms with Crippen molar-refractivity contribution in [2.24, 2.45) is 0 Å². The number of carbonyl (C=O) groups is 1. The molecule has 4 aromatic rings. The predicted molar refractivity (Wildman–Crippen MR) is 141 cm³/mol. The Bertz CT molecular complexity index is 1530. The summed E-state index contributed by atoms with van der Waals surface area (Å²) in [5.74, 6) is -0.505. The number of sulfonamides is 1. The van der Waals surface area contributed by atoms with Gasteiger partial charge < -0.3 is 14.8 Å². The molecule has 4 aromatic carbocycles. The quantitative estimate of drug-likeness (QED) is 0.246. The van der Waals surface area contributed by atoms with Crippen LogP contribution < -0.4 is 19.5 Å². The number of halogens is 2. The number of benzene rings is 4. The molecular weight excluding hydrogens is 519 g/mol. The van der Waals surface area contributed by atoms with Crippen molar-refractivity contribution in [1.82, 2.24) is 0 Å². The van der Waals surface area contributed by atoms with Crippen LogP contribution in [0, 0.1) is 5.82 Å². The van der Waals surface area contributed by atoms with Gasteiger partial charge in [-0.05, 0) is 67.6 Å². The molecule has 0 unspecified atom stereocenters. The summed E-state index contributed by atoms with van der Waals surface area (Å²) in [6, 6.07) is 22.8. The number of carbonyl (C=O) groups excluding carboxylic acids is 1. The van der Waals surface area contributed by atoms with Gasteiger partial charge in [0.05, 0.1) is 28.4 Å². The Morgan fingerprint density at radius 2 is 1.59 bits per heavy atom. The molecule has 0 spiro atoms. The summed E-state index contributed by atoms with van der Waals surface area (Å²) in [6.07, 6.45) is 0. The zero-order chi connectivity index (χ0) is 26.4. The zero-order valence-corrected chi connectivity index (χ0v) is 21.1. The molecule has 0 saturated heterocycles. The van der Waals surface area contributed by atoms with Gasteiger partial charge in [-0.1, -0.05) is 41.9 Å². The van der Waals surface area contributed by atoms with Crippen molar-refractivity contribution < 1.29 is 27.1 Å². The van der Waals surface area contributed by atoms with Gasteiger partial charge in [-0.3, -0.25) is 9.52 Å². The van der Waals surface area contributed by atoms with Crippen molar-refractivity contribution in [3.05, 3.63) is 107 Å².